The zero-order valence-electron chi connectivity index (χ0n) is 18.9. The number of aromatic nitrogens is 3. The number of hydrogen-bond acceptors (Lipinski definition) is 6. The molecule has 3 heterocycles. The minimum Gasteiger partial charge on any atom is -0.396 e. The molecule has 8 nitrogen and oxygen atoms in total. The molecule has 0 saturated heterocycles. The molecule has 33 heavy (non-hydrogen) atoms. The zero-order valence-corrected chi connectivity index (χ0v) is 19.7. The highest BCUT2D eigenvalue weighted by atomic mass is 35.5. The van der Waals surface area contributed by atoms with E-state index in [-0.39, 0.29) is 19.1 Å². The summed E-state index contributed by atoms with van der Waals surface area (Å²) in [6.45, 7) is 4.71. The van der Waals surface area contributed by atoms with E-state index in [2.05, 4.69) is 31.0 Å². The maximum absolute atomic E-state index is 13.5. The van der Waals surface area contributed by atoms with Gasteiger partial charge in [0, 0.05) is 32.0 Å². The molecule has 4 rings (SSSR count). The molecule has 174 valence electrons. The SMILES string of the molecule is CC(C)c1cccc(-c2nc3c(n2Cc2ccc(Cl)cn2)C(=O)N(CCCO)[C@H](O)N3C)c1. The lowest BCUT2D eigenvalue weighted by molar-refractivity contribution is 0.00113. The number of rotatable bonds is 7. The lowest BCUT2D eigenvalue weighted by Crippen LogP contribution is -2.54. The van der Waals surface area contributed by atoms with Gasteiger partial charge in [-0.3, -0.25) is 14.7 Å². The summed E-state index contributed by atoms with van der Waals surface area (Å²) in [5.41, 5.74) is 3.14. The van der Waals surface area contributed by atoms with Gasteiger partial charge in [0.25, 0.3) is 5.91 Å². The Balaban J connectivity index is 1.88. The lowest BCUT2D eigenvalue weighted by Gasteiger charge is -2.38. The maximum Gasteiger partial charge on any atom is 0.277 e. The van der Waals surface area contributed by atoms with Crippen LogP contribution in [-0.2, 0) is 6.54 Å². The van der Waals surface area contributed by atoms with Gasteiger partial charge in [-0.15, -0.1) is 0 Å². The van der Waals surface area contributed by atoms with Gasteiger partial charge in [0.1, 0.15) is 5.82 Å². The molecule has 0 fully saturated rings. The highest BCUT2D eigenvalue weighted by molar-refractivity contribution is 6.30. The quantitative estimate of drug-likeness (QED) is 0.551. The van der Waals surface area contributed by atoms with Gasteiger partial charge < -0.3 is 19.7 Å². The minimum atomic E-state index is -1.16. The summed E-state index contributed by atoms with van der Waals surface area (Å²) in [7, 11) is 1.70. The third-order valence-electron chi connectivity index (χ3n) is 5.85. The monoisotopic (exact) mass is 469 g/mol. The van der Waals surface area contributed by atoms with Gasteiger partial charge in [0.2, 0.25) is 6.35 Å². The predicted octanol–water partition coefficient (Wildman–Crippen LogP) is 3.32. The van der Waals surface area contributed by atoms with Crippen molar-refractivity contribution >= 4 is 23.3 Å². The van der Waals surface area contributed by atoms with Crippen molar-refractivity contribution in [2.75, 3.05) is 25.1 Å². The van der Waals surface area contributed by atoms with Crippen LogP contribution in [0, 0.1) is 0 Å². The highest BCUT2D eigenvalue weighted by Crippen LogP contribution is 2.35. The number of hydrogen-bond donors (Lipinski definition) is 2. The van der Waals surface area contributed by atoms with Crippen LogP contribution in [0.5, 0.6) is 0 Å². The fourth-order valence-corrected chi connectivity index (χ4v) is 4.10. The van der Waals surface area contributed by atoms with E-state index >= 15 is 0 Å². The summed E-state index contributed by atoms with van der Waals surface area (Å²) < 4.78 is 1.85. The molecule has 1 aromatic carbocycles. The van der Waals surface area contributed by atoms with Crippen LogP contribution >= 0.6 is 11.6 Å². The number of imidazole rings is 1. The summed E-state index contributed by atoms with van der Waals surface area (Å²) in [5, 5.41) is 20.6. The van der Waals surface area contributed by atoms with Crippen LogP contribution in [0.2, 0.25) is 5.02 Å². The standard InChI is InChI=1S/C24H28ClN5O3/c1-15(2)16-6-4-7-17(12-16)21-27-22-20(30(21)14-19-9-8-18(25)13-26-19)23(32)29(10-5-11-31)24(33)28(22)3/h4,6-9,12-13,15,24,31,33H,5,10-11,14H2,1-3H3/t24-/m1/s1. The first kappa shape index (κ1) is 23.2. The van der Waals surface area contributed by atoms with Gasteiger partial charge in [-0.2, -0.15) is 0 Å². The third kappa shape index (κ3) is 4.46. The second kappa shape index (κ2) is 9.51. The number of carbonyl (C=O) groups excluding carboxylic acids is 1. The smallest absolute Gasteiger partial charge is 0.277 e. The van der Waals surface area contributed by atoms with Crippen LogP contribution in [0.4, 0.5) is 5.82 Å². The van der Waals surface area contributed by atoms with Crippen molar-refractivity contribution in [3.8, 4) is 11.4 Å². The number of fused-ring (bicyclic) bond motifs is 1. The molecule has 0 unspecified atom stereocenters. The molecule has 1 aliphatic heterocycles. The molecular formula is C24H28ClN5O3. The zero-order chi connectivity index (χ0) is 23.7. The number of halogens is 1. The lowest BCUT2D eigenvalue weighted by atomic mass is 10.0. The third-order valence-corrected chi connectivity index (χ3v) is 6.07. The number of aliphatic hydroxyl groups excluding tert-OH is 2. The molecule has 1 aliphatic rings. The van der Waals surface area contributed by atoms with Crippen molar-refractivity contribution in [2.45, 2.75) is 39.1 Å². The molecular weight excluding hydrogens is 442 g/mol. The van der Waals surface area contributed by atoms with Crippen LogP contribution in [0.3, 0.4) is 0 Å². The van der Waals surface area contributed by atoms with Crippen LogP contribution < -0.4 is 4.90 Å². The second-order valence-corrected chi connectivity index (χ2v) is 8.91. The number of anilines is 1. The van der Waals surface area contributed by atoms with Crippen molar-refractivity contribution in [1.82, 2.24) is 19.4 Å². The van der Waals surface area contributed by atoms with Crippen LogP contribution in [0.15, 0.2) is 42.6 Å². The first-order valence-corrected chi connectivity index (χ1v) is 11.3. The fourth-order valence-electron chi connectivity index (χ4n) is 3.99. The first-order chi connectivity index (χ1) is 15.8. The molecule has 2 aromatic heterocycles. The molecule has 0 aliphatic carbocycles. The Morgan fingerprint density at radius 1 is 1.21 bits per heavy atom. The van der Waals surface area contributed by atoms with E-state index in [1.165, 1.54) is 4.90 Å². The van der Waals surface area contributed by atoms with Crippen molar-refractivity contribution in [3.05, 3.63) is 64.6 Å². The Morgan fingerprint density at radius 2 is 2.00 bits per heavy atom. The largest absolute Gasteiger partial charge is 0.396 e. The van der Waals surface area contributed by atoms with Crippen molar-refractivity contribution < 1.29 is 15.0 Å². The number of carbonyl (C=O) groups is 1. The number of nitrogens with zero attached hydrogens (tertiary/aromatic N) is 5. The first-order valence-electron chi connectivity index (χ1n) is 11.0. The Labute approximate surface area is 198 Å². The van der Waals surface area contributed by atoms with E-state index in [0.717, 1.165) is 16.8 Å². The number of amides is 1. The van der Waals surface area contributed by atoms with Crippen molar-refractivity contribution in [1.29, 1.82) is 0 Å². The average molecular weight is 470 g/mol. The van der Waals surface area contributed by atoms with E-state index in [0.29, 0.717) is 41.2 Å². The molecule has 1 atom stereocenters. The molecule has 0 bridgehead atoms. The average Bonchev–Trinajstić information content (AvgIpc) is 3.18. The summed E-state index contributed by atoms with van der Waals surface area (Å²) in [4.78, 5) is 25.7. The molecule has 2 N–H and O–H groups in total. The fraction of sp³-hybridized carbons (Fsp3) is 0.375. The van der Waals surface area contributed by atoms with E-state index in [1.807, 2.05) is 22.8 Å². The Kier molecular flexibility index (Phi) is 6.69. The van der Waals surface area contributed by atoms with Gasteiger partial charge in [-0.1, -0.05) is 43.6 Å². The molecule has 9 heteroatoms. The van der Waals surface area contributed by atoms with E-state index in [4.69, 9.17) is 16.6 Å². The summed E-state index contributed by atoms with van der Waals surface area (Å²) >= 11 is 6.01. The highest BCUT2D eigenvalue weighted by Gasteiger charge is 2.39. The summed E-state index contributed by atoms with van der Waals surface area (Å²) in [5.74, 6) is 1.03. The number of pyridine rings is 1. The van der Waals surface area contributed by atoms with Crippen LogP contribution in [-0.4, -0.2) is 62.1 Å². The molecule has 3 aromatic rings. The van der Waals surface area contributed by atoms with E-state index in [9.17, 15) is 15.0 Å². The van der Waals surface area contributed by atoms with E-state index < -0.39 is 6.35 Å². The van der Waals surface area contributed by atoms with Crippen LogP contribution in [0.25, 0.3) is 11.4 Å². The minimum absolute atomic E-state index is 0.0751. The molecule has 0 saturated carbocycles. The normalized spacial score (nSPS) is 16.0. The molecule has 1 amide bonds. The summed E-state index contributed by atoms with van der Waals surface area (Å²) in [6, 6.07) is 11.7. The Hall–Kier alpha value is -2.94. The molecule has 0 radical (unpaired) electrons. The van der Waals surface area contributed by atoms with E-state index in [1.54, 1.807) is 24.2 Å². The Bertz CT molecular complexity index is 1150. The van der Waals surface area contributed by atoms with Gasteiger partial charge in [-0.05, 0) is 36.1 Å². The van der Waals surface area contributed by atoms with Gasteiger partial charge in [0.15, 0.2) is 11.5 Å². The van der Waals surface area contributed by atoms with Crippen molar-refractivity contribution in [3.63, 3.8) is 0 Å². The van der Waals surface area contributed by atoms with Gasteiger partial charge in [0.05, 0.1) is 17.3 Å². The van der Waals surface area contributed by atoms with Gasteiger partial charge in [-0.25, -0.2) is 4.98 Å². The predicted molar refractivity (Wildman–Crippen MR) is 127 cm³/mol. The number of aliphatic hydroxyl groups is 2. The van der Waals surface area contributed by atoms with Gasteiger partial charge >= 0.3 is 0 Å². The number of benzene rings is 1. The topological polar surface area (TPSA) is 94.7 Å². The van der Waals surface area contributed by atoms with Crippen LogP contribution in [0.1, 0.15) is 47.9 Å². The Morgan fingerprint density at radius 3 is 2.67 bits per heavy atom. The summed E-state index contributed by atoms with van der Waals surface area (Å²) in [6.07, 6.45) is 0.774. The maximum atomic E-state index is 13.5. The second-order valence-electron chi connectivity index (χ2n) is 8.47. The van der Waals surface area contributed by atoms with Crippen molar-refractivity contribution in [2.24, 2.45) is 0 Å². The molecule has 0 spiro atoms.